The fourth-order valence-corrected chi connectivity index (χ4v) is 14.2. The summed E-state index contributed by atoms with van der Waals surface area (Å²) >= 11 is 0. The maximum absolute atomic E-state index is 6.94. The summed E-state index contributed by atoms with van der Waals surface area (Å²) in [4.78, 5) is 4.74. The quantitative estimate of drug-likeness (QED) is 0.141. The van der Waals surface area contributed by atoms with Crippen molar-refractivity contribution in [3.05, 3.63) is 291 Å². The Morgan fingerprint density at radius 2 is 0.523 bits per heavy atom. The van der Waals surface area contributed by atoms with Gasteiger partial charge in [-0.25, -0.2) is 0 Å². The third-order valence-electron chi connectivity index (χ3n) is 18.2. The molecule has 0 fully saturated rings. The predicted octanol–water partition coefficient (Wildman–Crippen LogP) is 24.2. The molecule has 0 radical (unpaired) electrons. The Labute approximate surface area is 503 Å². The normalized spacial score (nSPS) is 12.1. The van der Waals surface area contributed by atoms with Crippen LogP contribution in [-0.2, 0) is 0 Å². The number of fused-ring (bicyclic) bond motifs is 16. The van der Waals surface area contributed by atoms with Crippen LogP contribution in [0.4, 0.5) is 34.1 Å². The molecule has 0 spiro atoms. The van der Waals surface area contributed by atoms with Crippen LogP contribution in [0.2, 0.25) is 0 Å². The minimum Gasteiger partial charge on any atom is -0.456 e. The summed E-state index contributed by atoms with van der Waals surface area (Å²) in [5, 5.41) is 17.6. The van der Waals surface area contributed by atoms with Crippen molar-refractivity contribution in [2.75, 3.05) is 9.80 Å². The molecule has 0 aliphatic carbocycles. The summed E-state index contributed by atoms with van der Waals surface area (Å²) in [6.45, 7) is 0. The molecular formula is C82H48N2O4. The summed E-state index contributed by atoms with van der Waals surface area (Å²) in [6, 6.07) is 105. The third kappa shape index (κ3) is 7.36. The molecule has 19 aromatic rings. The van der Waals surface area contributed by atoms with Crippen LogP contribution in [0.1, 0.15) is 0 Å². The van der Waals surface area contributed by atoms with Crippen LogP contribution < -0.4 is 9.80 Å². The minimum atomic E-state index is 0.807. The van der Waals surface area contributed by atoms with Crippen molar-refractivity contribution >= 4 is 165 Å². The molecule has 15 aromatic carbocycles. The molecule has 0 saturated carbocycles. The number of rotatable bonds is 8. The van der Waals surface area contributed by atoms with Crippen molar-refractivity contribution in [1.82, 2.24) is 0 Å². The lowest BCUT2D eigenvalue weighted by Crippen LogP contribution is -2.11. The monoisotopic (exact) mass is 1120 g/mol. The van der Waals surface area contributed by atoms with Crippen LogP contribution in [0, 0.1) is 0 Å². The van der Waals surface area contributed by atoms with E-state index in [1.54, 1.807) is 0 Å². The van der Waals surface area contributed by atoms with Gasteiger partial charge in [0.25, 0.3) is 0 Å². The lowest BCUT2D eigenvalue weighted by atomic mass is 9.84. The summed E-state index contributed by atoms with van der Waals surface area (Å²) < 4.78 is 26.8. The molecule has 4 aromatic heterocycles. The van der Waals surface area contributed by atoms with Crippen molar-refractivity contribution < 1.29 is 17.7 Å². The van der Waals surface area contributed by atoms with Gasteiger partial charge in [-0.05, 0) is 175 Å². The van der Waals surface area contributed by atoms with E-state index in [4.69, 9.17) is 17.7 Å². The van der Waals surface area contributed by atoms with E-state index in [-0.39, 0.29) is 0 Å². The highest BCUT2D eigenvalue weighted by molar-refractivity contribution is 6.24. The number of hydrogen-bond donors (Lipinski definition) is 0. The fourth-order valence-electron chi connectivity index (χ4n) is 14.2. The highest BCUT2D eigenvalue weighted by atomic mass is 16.3. The molecule has 88 heavy (non-hydrogen) atoms. The van der Waals surface area contributed by atoms with Gasteiger partial charge in [-0.3, -0.25) is 0 Å². The Balaban J connectivity index is 0.927. The zero-order valence-corrected chi connectivity index (χ0v) is 47.2. The van der Waals surface area contributed by atoms with Gasteiger partial charge in [-0.1, -0.05) is 182 Å². The molecule has 410 valence electrons. The van der Waals surface area contributed by atoms with Crippen molar-refractivity contribution in [2.24, 2.45) is 0 Å². The van der Waals surface area contributed by atoms with Gasteiger partial charge in [0.2, 0.25) is 0 Å². The number of hydrogen-bond acceptors (Lipinski definition) is 6. The average Bonchev–Trinajstić information content (AvgIpc) is 1.24. The smallest absolute Gasteiger partial charge is 0.159 e. The van der Waals surface area contributed by atoms with E-state index >= 15 is 0 Å². The lowest BCUT2D eigenvalue weighted by molar-refractivity contribution is 0.668. The lowest BCUT2D eigenvalue weighted by Gasteiger charge is -2.28. The number of para-hydroxylation sites is 6. The van der Waals surface area contributed by atoms with Gasteiger partial charge in [0, 0.05) is 65.8 Å². The van der Waals surface area contributed by atoms with Gasteiger partial charge < -0.3 is 27.5 Å². The van der Waals surface area contributed by atoms with Gasteiger partial charge in [-0.15, -0.1) is 0 Å². The molecule has 6 nitrogen and oxygen atoms in total. The first-order chi connectivity index (χ1) is 43.6. The Bertz CT molecular complexity index is 5740. The minimum absolute atomic E-state index is 0.807. The van der Waals surface area contributed by atoms with Gasteiger partial charge in [0.15, 0.2) is 11.2 Å². The molecule has 0 aliphatic rings. The van der Waals surface area contributed by atoms with E-state index in [0.29, 0.717) is 0 Å². The van der Waals surface area contributed by atoms with E-state index in [1.165, 1.54) is 21.5 Å². The van der Waals surface area contributed by atoms with Crippen molar-refractivity contribution in [2.45, 2.75) is 0 Å². The maximum atomic E-state index is 6.94. The summed E-state index contributed by atoms with van der Waals surface area (Å²) in [5.41, 5.74) is 16.9. The van der Waals surface area contributed by atoms with Crippen LogP contribution in [0.5, 0.6) is 0 Å². The predicted molar refractivity (Wildman–Crippen MR) is 366 cm³/mol. The Kier molecular flexibility index (Phi) is 10.4. The average molecular weight is 1130 g/mol. The first-order valence-corrected chi connectivity index (χ1v) is 29.9. The molecule has 0 unspecified atom stereocenters. The molecule has 6 heteroatoms. The second-order valence-electron chi connectivity index (χ2n) is 23.1. The van der Waals surface area contributed by atoms with Crippen molar-refractivity contribution in [1.29, 1.82) is 0 Å². The van der Waals surface area contributed by atoms with E-state index in [2.05, 4.69) is 265 Å². The molecule has 0 bridgehead atoms. The Morgan fingerprint density at radius 1 is 0.193 bits per heavy atom. The topological polar surface area (TPSA) is 59.0 Å². The van der Waals surface area contributed by atoms with Gasteiger partial charge >= 0.3 is 0 Å². The van der Waals surface area contributed by atoms with Crippen molar-refractivity contribution in [3.63, 3.8) is 0 Å². The van der Waals surface area contributed by atoms with E-state index in [0.717, 1.165) is 166 Å². The van der Waals surface area contributed by atoms with Crippen LogP contribution in [0.3, 0.4) is 0 Å². The van der Waals surface area contributed by atoms with E-state index < -0.39 is 0 Å². The molecule has 4 heterocycles. The SMILES string of the molecule is c1ccc2cc(-c3c4ccc(N(c5ccc6oc7ccccc7c6c5)c5cccc6c5oc5ccccc56)cc4c(-c4ccc5ccccc5c4)c4ccc(N(c5ccc6oc7ccccc7c6c5)c5cccc6c5oc5ccccc56)cc34)ccc2c1. The Morgan fingerprint density at radius 3 is 0.955 bits per heavy atom. The number of furan rings is 4. The highest BCUT2D eigenvalue weighted by Crippen LogP contribution is 2.52. The first kappa shape index (κ1) is 48.5. The van der Waals surface area contributed by atoms with Crippen LogP contribution in [-0.4, -0.2) is 0 Å². The number of nitrogens with zero attached hydrogens (tertiary/aromatic N) is 2. The zero-order chi connectivity index (χ0) is 57.6. The van der Waals surface area contributed by atoms with Crippen LogP contribution >= 0.6 is 0 Å². The zero-order valence-electron chi connectivity index (χ0n) is 47.2. The largest absolute Gasteiger partial charge is 0.456 e. The van der Waals surface area contributed by atoms with E-state index in [1.807, 2.05) is 36.4 Å². The Hall–Kier alpha value is -11.9. The summed E-state index contributed by atoms with van der Waals surface area (Å²) in [7, 11) is 0. The second kappa shape index (κ2) is 18.8. The number of anilines is 6. The van der Waals surface area contributed by atoms with Gasteiger partial charge in [0.05, 0.1) is 11.4 Å². The molecular weight excluding hydrogens is 1080 g/mol. The standard InChI is InChI=1S/C82H48N2O4/c1-3-17-51-43-53(33-31-49(51)15-1)79-63-39-35-56(84(58-38-42-78-68(46-58)62-22-8-10-28-74(62)86-78)72-26-14-24-66-60-20-6-12-30-76(60)88-82(66)72)48-70(63)80(54-34-32-50-16-2-4-18-52(50)44-54)64-40-36-55(47-69(64)79)83(57-37-41-77-67(45-57)61-21-7-9-27-73(61)85-77)71-25-13-23-65-59-19-5-11-29-75(59)87-81(65)71/h1-48H. The molecule has 19 rings (SSSR count). The third-order valence-corrected chi connectivity index (χ3v) is 18.2. The van der Waals surface area contributed by atoms with Crippen LogP contribution in [0.25, 0.3) is 153 Å². The first-order valence-electron chi connectivity index (χ1n) is 29.9. The summed E-state index contributed by atoms with van der Waals surface area (Å²) in [5.74, 6) is 0. The molecule has 0 atom stereocenters. The fraction of sp³-hybridized carbons (Fsp3) is 0. The highest BCUT2D eigenvalue weighted by Gasteiger charge is 2.27. The molecule has 0 amide bonds. The summed E-state index contributed by atoms with van der Waals surface area (Å²) in [6.07, 6.45) is 0. The van der Waals surface area contributed by atoms with Gasteiger partial charge in [0.1, 0.15) is 33.5 Å². The maximum Gasteiger partial charge on any atom is 0.159 e. The molecule has 0 N–H and O–H groups in total. The molecule has 0 aliphatic heterocycles. The van der Waals surface area contributed by atoms with Gasteiger partial charge in [-0.2, -0.15) is 0 Å². The van der Waals surface area contributed by atoms with Crippen molar-refractivity contribution in [3.8, 4) is 22.3 Å². The number of benzene rings is 15. The van der Waals surface area contributed by atoms with E-state index in [9.17, 15) is 0 Å². The van der Waals surface area contributed by atoms with Crippen LogP contribution in [0.15, 0.2) is 309 Å². The second-order valence-corrected chi connectivity index (χ2v) is 23.1. The molecule has 0 saturated heterocycles.